The highest BCUT2D eigenvalue weighted by molar-refractivity contribution is 8.00. The molecule has 0 aromatic heterocycles. The normalized spacial score (nSPS) is 11.4. The van der Waals surface area contributed by atoms with Crippen LogP contribution in [0.5, 0.6) is 0 Å². The molecule has 0 unspecified atom stereocenters. The average Bonchev–Trinajstić information content (AvgIpc) is 2.38. The average molecular weight is 330 g/mol. The zero-order valence-corrected chi connectivity index (χ0v) is 11.9. The number of halogens is 5. The number of carbonyl (C=O) groups is 1. The Morgan fingerprint density at radius 1 is 1.25 bits per heavy atom. The first-order chi connectivity index (χ1) is 9.37. The first kappa shape index (κ1) is 17.1. The number of benzene rings is 1. The molecule has 0 aliphatic rings. The predicted molar refractivity (Wildman–Crippen MR) is 72.0 cm³/mol. The van der Waals surface area contributed by atoms with Crippen LogP contribution in [0, 0.1) is 0 Å². The van der Waals surface area contributed by atoms with Crippen LogP contribution in [0.15, 0.2) is 29.2 Å². The third-order valence-electron chi connectivity index (χ3n) is 2.31. The highest BCUT2D eigenvalue weighted by Gasteiger charge is 2.29. The maximum absolute atomic E-state index is 12.5. The molecule has 0 atom stereocenters. The van der Waals surface area contributed by atoms with Gasteiger partial charge in [-0.2, -0.15) is 13.2 Å². The van der Waals surface area contributed by atoms with E-state index in [1.54, 1.807) is 0 Å². The van der Waals surface area contributed by atoms with E-state index in [1.165, 1.54) is 29.2 Å². The largest absolute Gasteiger partial charge is 0.446 e. The van der Waals surface area contributed by atoms with Crippen molar-refractivity contribution >= 4 is 35.0 Å². The summed E-state index contributed by atoms with van der Waals surface area (Å²) in [6, 6.07) is 5.20. The summed E-state index contributed by atoms with van der Waals surface area (Å²) in [7, 11) is 0. The topological polar surface area (TPSA) is 20.3 Å². The Hall–Kier alpha value is -0.950. The van der Waals surface area contributed by atoms with E-state index in [0.29, 0.717) is 18.0 Å². The minimum Gasteiger partial charge on any atom is -0.310 e. The number of nitrogens with zero attached hydrogens (tertiary/aromatic N) is 1. The van der Waals surface area contributed by atoms with E-state index in [-0.39, 0.29) is 23.2 Å². The minimum atomic E-state index is -4.37. The van der Waals surface area contributed by atoms with E-state index in [9.17, 15) is 22.4 Å². The molecule has 2 nitrogen and oxygen atoms in total. The van der Waals surface area contributed by atoms with E-state index in [4.69, 9.17) is 11.6 Å². The van der Waals surface area contributed by atoms with Gasteiger partial charge in [-0.1, -0.05) is 0 Å². The fourth-order valence-corrected chi connectivity index (χ4v) is 2.17. The predicted octanol–water partition coefficient (Wildman–Crippen LogP) is 4.23. The Labute approximate surface area is 123 Å². The molecular formula is C12H12ClF4NOS. The summed E-state index contributed by atoms with van der Waals surface area (Å²) in [4.78, 5) is 12.6. The monoisotopic (exact) mass is 329 g/mol. The molecule has 20 heavy (non-hydrogen) atoms. The van der Waals surface area contributed by atoms with Gasteiger partial charge in [0, 0.05) is 23.0 Å². The summed E-state index contributed by atoms with van der Waals surface area (Å²) < 4.78 is 49.0. The van der Waals surface area contributed by atoms with Crippen molar-refractivity contribution < 1.29 is 22.4 Å². The van der Waals surface area contributed by atoms with Crippen LogP contribution in [-0.2, 0) is 4.79 Å². The molecular weight excluding hydrogens is 318 g/mol. The molecule has 0 saturated heterocycles. The number of rotatable bonds is 6. The molecule has 0 N–H and O–H groups in total. The maximum Gasteiger partial charge on any atom is 0.446 e. The van der Waals surface area contributed by atoms with Crippen LogP contribution in [0.2, 0.25) is 0 Å². The highest BCUT2D eigenvalue weighted by Crippen LogP contribution is 2.37. The van der Waals surface area contributed by atoms with Gasteiger partial charge >= 0.3 is 5.51 Å². The molecule has 0 bridgehead atoms. The zero-order chi connectivity index (χ0) is 15.2. The Morgan fingerprint density at radius 2 is 1.85 bits per heavy atom. The SMILES string of the molecule is O=C(CF)N(CCCCl)c1ccc(SC(F)(F)F)cc1. The van der Waals surface area contributed by atoms with E-state index in [2.05, 4.69) is 0 Å². The van der Waals surface area contributed by atoms with Crippen LogP contribution in [0.1, 0.15) is 6.42 Å². The fourth-order valence-electron chi connectivity index (χ4n) is 1.52. The molecule has 0 saturated carbocycles. The number of amides is 1. The van der Waals surface area contributed by atoms with Crippen LogP contribution in [0.4, 0.5) is 23.2 Å². The van der Waals surface area contributed by atoms with Gasteiger partial charge in [-0.3, -0.25) is 4.79 Å². The highest BCUT2D eigenvalue weighted by atomic mass is 35.5. The third-order valence-corrected chi connectivity index (χ3v) is 3.32. The molecule has 0 aliphatic carbocycles. The van der Waals surface area contributed by atoms with Crippen molar-refractivity contribution in [1.82, 2.24) is 0 Å². The zero-order valence-electron chi connectivity index (χ0n) is 10.3. The smallest absolute Gasteiger partial charge is 0.310 e. The molecule has 0 fully saturated rings. The van der Waals surface area contributed by atoms with Gasteiger partial charge in [0.1, 0.15) is 0 Å². The number of carbonyl (C=O) groups excluding carboxylic acids is 1. The number of thioether (sulfide) groups is 1. The summed E-state index contributed by atoms with van der Waals surface area (Å²) in [6.07, 6.45) is 0.465. The van der Waals surface area contributed by atoms with Gasteiger partial charge < -0.3 is 4.90 Å². The van der Waals surface area contributed by atoms with Crippen molar-refractivity contribution in [3.8, 4) is 0 Å². The summed E-state index contributed by atoms with van der Waals surface area (Å²) >= 11 is 5.27. The lowest BCUT2D eigenvalue weighted by molar-refractivity contribution is -0.119. The number of alkyl halides is 5. The molecule has 1 amide bonds. The van der Waals surface area contributed by atoms with Crippen LogP contribution in [-0.4, -0.2) is 30.5 Å². The van der Waals surface area contributed by atoms with Crippen LogP contribution in [0.3, 0.4) is 0 Å². The molecule has 1 aromatic rings. The lowest BCUT2D eigenvalue weighted by Gasteiger charge is -2.21. The van der Waals surface area contributed by atoms with Crippen LogP contribution in [0.25, 0.3) is 0 Å². The first-order valence-electron chi connectivity index (χ1n) is 5.65. The second kappa shape index (κ2) is 7.73. The number of hydrogen-bond acceptors (Lipinski definition) is 2. The summed E-state index contributed by atoms with van der Waals surface area (Å²) in [5.74, 6) is -0.440. The summed E-state index contributed by atoms with van der Waals surface area (Å²) in [5, 5.41) is 0. The van der Waals surface area contributed by atoms with Gasteiger partial charge in [0.15, 0.2) is 6.67 Å². The van der Waals surface area contributed by atoms with Gasteiger partial charge in [-0.25, -0.2) is 4.39 Å². The van der Waals surface area contributed by atoms with Gasteiger partial charge in [-0.05, 0) is 42.4 Å². The van der Waals surface area contributed by atoms with E-state index >= 15 is 0 Å². The van der Waals surface area contributed by atoms with E-state index in [0.717, 1.165) is 0 Å². The Balaban J connectivity index is 2.84. The molecule has 0 radical (unpaired) electrons. The standard InChI is InChI=1S/C12H12ClF4NOS/c13-6-1-7-18(11(19)8-14)9-2-4-10(5-3-9)20-12(15,16)17/h2-5H,1,6-8H2. The van der Waals surface area contributed by atoms with E-state index < -0.39 is 18.1 Å². The summed E-state index contributed by atoms with van der Waals surface area (Å²) in [6.45, 7) is -0.945. The van der Waals surface area contributed by atoms with Crippen molar-refractivity contribution in [2.45, 2.75) is 16.8 Å². The molecule has 1 rings (SSSR count). The lowest BCUT2D eigenvalue weighted by atomic mass is 10.2. The van der Waals surface area contributed by atoms with Gasteiger partial charge in [-0.15, -0.1) is 11.6 Å². The number of anilines is 1. The maximum atomic E-state index is 12.5. The van der Waals surface area contributed by atoms with Crippen molar-refractivity contribution in [2.75, 3.05) is 24.0 Å². The minimum absolute atomic E-state index is 0.00578. The molecule has 8 heteroatoms. The van der Waals surface area contributed by atoms with Crippen molar-refractivity contribution in [1.29, 1.82) is 0 Å². The molecule has 0 heterocycles. The Kier molecular flexibility index (Phi) is 6.61. The van der Waals surface area contributed by atoms with Gasteiger partial charge in [0.05, 0.1) is 0 Å². The lowest BCUT2D eigenvalue weighted by Crippen LogP contribution is -2.33. The van der Waals surface area contributed by atoms with Crippen LogP contribution < -0.4 is 4.90 Å². The van der Waals surface area contributed by atoms with Crippen molar-refractivity contribution in [3.63, 3.8) is 0 Å². The molecule has 0 spiro atoms. The van der Waals surface area contributed by atoms with Gasteiger partial charge in [0.25, 0.3) is 5.91 Å². The molecule has 1 aromatic carbocycles. The summed E-state index contributed by atoms with van der Waals surface area (Å²) in [5.41, 5.74) is -4.02. The van der Waals surface area contributed by atoms with Crippen LogP contribution >= 0.6 is 23.4 Å². The Morgan fingerprint density at radius 3 is 2.30 bits per heavy atom. The second-order valence-electron chi connectivity index (χ2n) is 3.76. The van der Waals surface area contributed by atoms with E-state index in [1.807, 2.05) is 0 Å². The molecule has 112 valence electrons. The Bertz CT molecular complexity index is 438. The second-order valence-corrected chi connectivity index (χ2v) is 5.28. The quantitative estimate of drug-likeness (QED) is 0.442. The molecule has 0 aliphatic heterocycles. The van der Waals surface area contributed by atoms with Crippen molar-refractivity contribution in [3.05, 3.63) is 24.3 Å². The fraction of sp³-hybridized carbons (Fsp3) is 0.417. The third kappa shape index (κ3) is 5.58. The van der Waals surface area contributed by atoms with Gasteiger partial charge in [0.2, 0.25) is 0 Å². The first-order valence-corrected chi connectivity index (χ1v) is 7.00. The van der Waals surface area contributed by atoms with Crippen molar-refractivity contribution in [2.24, 2.45) is 0 Å². The number of hydrogen-bond donors (Lipinski definition) is 0.